The average molecular weight is 324 g/mol. The zero-order valence-electron chi connectivity index (χ0n) is 13.3. The molecule has 0 atom stereocenters. The third kappa shape index (κ3) is 5.53. The summed E-state index contributed by atoms with van der Waals surface area (Å²) in [5, 5.41) is 5.51. The van der Waals surface area contributed by atoms with Crippen LogP contribution in [0.4, 0.5) is 16.2 Å². The smallest absolute Gasteiger partial charge is 0.323 e. The van der Waals surface area contributed by atoms with Gasteiger partial charge in [0.1, 0.15) is 24.7 Å². The summed E-state index contributed by atoms with van der Waals surface area (Å²) in [6.07, 6.45) is 3.32. The van der Waals surface area contributed by atoms with E-state index in [0.29, 0.717) is 36.1 Å². The Kier molecular flexibility index (Phi) is 6.46. The Labute approximate surface area is 141 Å². The number of anilines is 2. The van der Waals surface area contributed by atoms with Crippen molar-refractivity contribution >= 4 is 17.4 Å². The lowest BCUT2D eigenvalue weighted by atomic mass is 10.3. The van der Waals surface area contributed by atoms with Crippen LogP contribution in [0.15, 0.2) is 73.8 Å². The van der Waals surface area contributed by atoms with E-state index in [9.17, 15) is 4.79 Å². The van der Waals surface area contributed by atoms with Gasteiger partial charge in [-0.2, -0.15) is 0 Å². The lowest BCUT2D eigenvalue weighted by Gasteiger charge is -2.10. The van der Waals surface area contributed by atoms with Gasteiger partial charge in [0.15, 0.2) is 0 Å². The minimum atomic E-state index is -0.350. The van der Waals surface area contributed by atoms with E-state index in [4.69, 9.17) is 9.47 Å². The van der Waals surface area contributed by atoms with Gasteiger partial charge < -0.3 is 20.1 Å². The Morgan fingerprint density at radius 1 is 0.875 bits per heavy atom. The maximum absolute atomic E-state index is 12.1. The third-order valence-corrected chi connectivity index (χ3v) is 2.92. The third-order valence-electron chi connectivity index (χ3n) is 2.92. The molecule has 2 aromatic carbocycles. The first-order valence-electron chi connectivity index (χ1n) is 7.47. The fourth-order valence-corrected chi connectivity index (χ4v) is 1.93. The molecule has 0 bridgehead atoms. The highest BCUT2D eigenvalue weighted by molar-refractivity contribution is 5.99. The molecule has 0 radical (unpaired) electrons. The largest absolute Gasteiger partial charge is 0.489 e. The molecular weight excluding hydrogens is 304 g/mol. The molecule has 0 heterocycles. The van der Waals surface area contributed by atoms with E-state index in [1.807, 2.05) is 12.1 Å². The summed E-state index contributed by atoms with van der Waals surface area (Å²) in [5.74, 6) is 1.32. The zero-order valence-corrected chi connectivity index (χ0v) is 13.3. The van der Waals surface area contributed by atoms with Crippen LogP contribution in [0.25, 0.3) is 0 Å². The summed E-state index contributed by atoms with van der Waals surface area (Å²) in [6.45, 7) is 8.02. The Bertz CT molecular complexity index is 654. The van der Waals surface area contributed by atoms with Crippen molar-refractivity contribution in [3.8, 4) is 11.5 Å². The van der Waals surface area contributed by atoms with Gasteiger partial charge in [0, 0.05) is 23.5 Å². The SMILES string of the molecule is C=CCOc1cccc(NC(=O)Nc2cccc(OCC=C)c2)c1. The van der Waals surface area contributed by atoms with Crippen molar-refractivity contribution in [3.05, 3.63) is 73.8 Å². The van der Waals surface area contributed by atoms with Crippen molar-refractivity contribution in [3.63, 3.8) is 0 Å². The lowest BCUT2D eigenvalue weighted by Crippen LogP contribution is -2.19. The summed E-state index contributed by atoms with van der Waals surface area (Å²) >= 11 is 0. The highest BCUT2D eigenvalue weighted by Gasteiger charge is 2.05. The van der Waals surface area contributed by atoms with Crippen LogP contribution in [0, 0.1) is 0 Å². The maximum Gasteiger partial charge on any atom is 0.323 e. The predicted octanol–water partition coefficient (Wildman–Crippen LogP) is 4.46. The molecule has 5 nitrogen and oxygen atoms in total. The fourth-order valence-electron chi connectivity index (χ4n) is 1.93. The molecule has 0 unspecified atom stereocenters. The van der Waals surface area contributed by atoms with E-state index in [1.165, 1.54) is 0 Å². The van der Waals surface area contributed by atoms with E-state index >= 15 is 0 Å². The van der Waals surface area contributed by atoms with Gasteiger partial charge in [0.2, 0.25) is 0 Å². The van der Waals surface area contributed by atoms with Crippen molar-refractivity contribution in [1.29, 1.82) is 0 Å². The highest BCUT2D eigenvalue weighted by Crippen LogP contribution is 2.19. The van der Waals surface area contributed by atoms with Crippen LogP contribution in [-0.4, -0.2) is 19.2 Å². The van der Waals surface area contributed by atoms with Gasteiger partial charge in [-0.25, -0.2) is 4.79 Å². The van der Waals surface area contributed by atoms with Crippen LogP contribution in [-0.2, 0) is 0 Å². The number of hydrogen-bond donors (Lipinski definition) is 2. The van der Waals surface area contributed by atoms with Gasteiger partial charge in [-0.05, 0) is 24.3 Å². The van der Waals surface area contributed by atoms with E-state index in [2.05, 4.69) is 23.8 Å². The molecule has 0 fully saturated rings. The predicted molar refractivity (Wildman–Crippen MR) is 96.9 cm³/mol. The second kappa shape index (κ2) is 9.05. The van der Waals surface area contributed by atoms with Crippen molar-refractivity contribution in [2.24, 2.45) is 0 Å². The van der Waals surface area contributed by atoms with Crippen molar-refractivity contribution < 1.29 is 14.3 Å². The quantitative estimate of drug-likeness (QED) is 0.705. The molecule has 24 heavy (non-hydrogen) atoms. The number of urea groups is 1. The molecule has 2 amide bonds. The van der Waals surface area contributed by atoms with E-state index in [0.717, 1.165) is 0 Å². The van der Waals surface area contributed by atoms with Crippen molar-refractivity contribution in [1.82, 2.24) is 0 Å². The first kappa shape index (κ1) is 17.1. The van der Waals surface area contributed by atoms with Gasteiger partial charge in [0.05, 0.1) is 0 Å². The zero-order chi connectivity index (χ0) is 17.2. The first-order chi connectivity index (χ1) is 11.7. The molecule has 2 aromatic rings. The fraction of sp³-hybridized carbons (Fsp3) is 0.105. The summed E-state index contributed by atoms with van der Waals surface area (Å²) in [7, 11) is 0. The number of hydrogen-bond acceptors (Lipinski definition) is 3. The minimum Gasteiger partial charge on any atom is -0.489 e. The van der Waals surface area contributed by atoms with E-state index < -0.39 is 0 Å². The van der Waals surface area contributed by atoms with Crippen LogP contribution in [0.2, 0.25) is 0 Å². The molecule has 2 rings (SSSR count). The molecule has 0 spiro atoms. The summed E-state index contributed by atoms with van der Waals surface area (Å²) in [5.41, 5.74) is 1.27. The molecule has 124 valence electrons. The van der Waals surface area contributed by atoms with Crippen LogP contribution in [0.3, 0.4) is 0 Å². The van der Waals surface area contributed by atoms with Gasteiger partial charge in [-0.15, -0.1) is 0 Å². The molecule has 0 saturated heterocycles. The molecule has 0 aliphatic heterocycles. The Morgan fingerprint density at radius 3 is 1.75 bits per heavy atom. The topological polar surface area (TPSA) is 59.6 Å². The highest BCUT2D eigenvalue weighted by atomic mass is 16.5. The number of carbonyl (C=O) groups is 1. The maximum atomic E-state index is 12.1. The van der Waals surface area contributed by atoms with E-state index in [-0.39, 0.29) is 6.03 Å². The van der Waals surface area contributed by atoms with Crippen molar-refractivity contribution in [2.75, 3.05) is 23.8 Å². The van der Waals surface area contributed by atoms with Crippen molar-refractivity contribution in [2.45, 2.75) is 0 Å². The summed E-state index contributed by atoms with van der Waals surface area (Å²) in [6, 6.07) is 13.9. The minimum absolute atomic E-state index is 0.350. The summed E-state index contributed by atoms with van der Waals surface area (Å²) < 4.78 is 10.9. The summed E-state index contributed by atoms with van der Waals surface area (Å²) in [4.78, 5) is 12.1. The number of rotatable bonds is 8. The number of carbonyl (C=O) groups excluding carboxylic acids is 1. The van der Waals surface area contributed by atoms with Gasteiger partial charge in [-0.3, -0.25) is 0 Å². The Morgan fingerprint density at radius 2 is 1.33 bits per heavy atom. The average Bonchev–Trinajstić information content (AvgIpc) is 2.58. The van der Waals surface area contributed by atoms with Crippen LogP contribution < -0.4 is 20.1 Å². The second-order valence-electron chi connectivity index (χ2n) is 4.83. The molecule has 0 aliphatic rings. The second-order valence-corrected chi connectivity index (χ2v) is 4.83. The number of nitrogens with one attached hydrogen (secondary N) is 2. The molecule has 0 saturated carbocycles. The monoisotopic (exact) mass is 324 g/mol. The van der Waals surface area contributed by atoms with Crippen LogP contribution >= 0.6 is 0 Å². The van der Waals surface area contributed by atoms with Gasteiger partial charge >= 0.3 is 6.03 Å². The molecule has 0 aliphatic carbocycles. The number of ether oxygens (including phenoxy) is 2. The van der Waals surface area contributed by atoms with Crippen LogP contribution in [0.5, 0.6) is 11.5 Å². The van der Waals surface area contributed by atoms with Gasteiger partial charge in [-0.1, -0.05) is 37.4 Å². The first-order valence-corrected chi connectivity index (χ1v) is 7.47. The van der Waals surface area contributed by atoms with Crippen LogP contribution in [0.1, 0.15) is 0 Å². The Hall–Kier alpha value is -3.21. The molecule has 0 aromatic heterocycles. The lowest BCUT2D eigenvalue weighted by molar-refractivity contribution is 0.262. The standard InChI is InChI=1S/C19H20N2O3/c1-3-11-23-17-9-5-7-15(13-17)20-19(22)21-16-8-6-10-18(14-16)24-12-4-2/h3-10,13-14H,1-2,11-12H2,(H2,20,21,22). The normalized spacial score (nSPS) is 9.67. The molecular formula is C19H20N2O3. The number of amides is 2. The molecule has 2 N–H and O–H groups in total. The van der Waals surface area contributed by atoms with E-state index in [1.54, 1.807) is 48.6 Å². The molecule has 5 heteroatoms. The van der Waals surface area contributed by atoms with Gasteiger partial charge in [0.25, 0.3) is 0 Å². The number of benzene rings is 2. The Balaban J connectivity index is 1.95.